The lowest BCUT2D eigenvalue weighted by Crippen LogP contribution is -2.70. The molecule has 0 aromatic rings. The van der Waals surface area contributed by atoms with Crippen LogP contribution in [0.15, 0.2) is 0 Å². The second-order valence-electron chi connectivity index (χ2n) is 7.90. The number of nitrogens with one attached hydrogen (secondary N) is 1. The van der Waals surface area contributed by atoms with Gasteiger partial charge in [-0.1, -0.05) is 13.8 Å². The van der Waals surface area contributed by atoms with E-state index in [0.29, 0.717) is 6.04 Å². The van der Waals surface area contributed by atoms with Crippen molar-refractivity contribution in [2.24, 2.45) is 5.41 Å². The van der Waals surface area contributed by atoms with Gasteiger partial charge in [-0.15, -0.1) is 0 Å². The highest BCUT2D eigenvalue weighted by Gasteiger charge is 2.58. The molecule has 3 unspecified atom stereocenters. The van der Waals surface area contributed by atoms with Crippen LogP contribution in [-0.4, -0.2) is 80.0 Å². The Kier molecular flexibility index (Phi) is 4.60. The van der Waals surface area contributed by atoms with Gasteiger partial charge < -0.3 is 19.7 Å². The average molecular weight is 325 g/mol. The smallest absolute Gasteiger partial charge is 0.317 e. The molecule has 0 bridgehead atoms. The van der Waals surface area contributed by atoms with E-state index in [4.69, 9.17) is 9.47 Å². The maximum absolute atomic E-state index is 12.5. The van der Waals surface area contributed by atoms with Gasteiger partial charge in [-0.2, -0.15) is 0 Å². The van der Waals surface area contributed by atoms with E-state index in [9.17, 15) is 4.79 Å². The van der Waals surface area contributed by atoms with Crippen molar-refractivity contribution < 1.29 is 14.3 Å². The number of rotatable bonds is 3. The topological polar surface area (TPSA) is 54.0 Å². The second kappa shape index (κ2) is 6.22. The largest absolute Gasteiger partial charge is 0.380 e. The predicted molar refractivity (Wildman–Crippen MR) is 88.5 cm³/mol. The summed E-state index contributed by atoms with van der Waals surface area (Å²) in [7, 11) is 1.76. The van der Waals surface area contributed by atoms with E-state index in [1.165, 1.54) is 0 Å². The number of amides is 2. The highest BCUT2D eigenvalue weighted by Crippen LogP contribution is 2.51. The molecule has 2 heterocycles. The Balaban J connectivity index is 1.47. The first-order valence-electron chi connectivity index (χ1n) is 8.80. The van der Waals surface area contributed by atoms with Crippen molar-refractivity contribution in [3.63, 3.8) is 0 Å². The highest BCUT2D eigenvalue weighted by atomic mass is 16.5. The first-order chi connectivity index (χ1) is 10.9. The Bertz CT molecular complexity index is 442. The minimum atomic E-state index is -0.147. The highest BCUT2D eigenvalue weighted by molar-refractivity contribution is 5.75. The summed E-state index contributed by atoms with van der Waals surface area (Å²) in [6, 6.07) is 0.804. The van der Waals surface area contributed by atoms with Gasteiger partial charge >= 0.3 is 6.03 Å². The summed E-state index contributed by atoms with van der Waals surface area (Å²) in [6.07, 6.45) is 2.00. The number of methoxy groups -OCH3 is 1. The quantitative estimate of drug-likeness (QED) is 0.850. The van der Waals surface area contributed by atoms with Gasteiger partial charge in [-0.05, 0) is 19.8 Å². The zero-order valence-electron chi connectivity index (χ0n) is 14.9. The van der Waals surface area contributed by atoms with Gasteiger partial charge in [0.05, 0.1) is 12.2 Å². The number of carbonyl (C=O) groups is 1. The maximum atomic E-state index is 12.5. The molecule has 6 nitrogen and oxygen atoms in total. The van der Waals surface area contributed by atoms with Gasteiger partial charge in [0.2, 0.25) is 0 Å². The monoisotopic (exact) mass is 325 g/mol. The molecule has 3 aliphatic rings. The van der Waals surface area contributed by atoms with Crippen LogP contribution in [0.25, 0.3) is 0 Å². The van der Waals surface area contributed by atoms with Gasteiger partial charge in [0, 0.05) is 57.4 Å². The molecule has 1 saturated carbocycles. The van der Waals surface area contributed by atoms with Crippen molar-refractivity contribution in [2.45, 2.75) is 51.3 Å². The summed E-state index contributed by atoms with van der Waals surface area (Å²) in [5.74, 6) is 0. The van der Waals surface area contributed by atoms with Gasteiger partial charge in [0.15, 0.2) is 0 Å². The Hall–Kier alpha value is -0.850. The van der Waals surface area contributed by atoms with Crippen LogP contribution in [0.3, 0.4) is 0 Å². The Morgan fingerprint density at radius 2 is 1.91 bits per heavy atom. The van der Waals surface area contributed by atoms with Crippen molar-refractivity contribution in [3.8, 4) is 0 Å². The lowest BCUT2D eigenvalue weighted by atomic mass is 9.56. The fourth-order valence-electron chi connectivity index (χ4n) is 4.06. The summed E-state index contributed by atoms with van der Waals surface area (Å²) in [5.41, 5.74) is -0.188. The molecule has 1 aliphatic carbocycles. The molecule has 2 aliphatic heterocycles. The molecule has 0 radical (unpaired) electrons. The molecule has 0 aromatic carbocycles. The minimum absolute atomic E-state index is 0.0413. The molecule has 0 spiro atoms. The van der Waals surface area contributed by atoms with Crippen LogP contribution in [0, 0.1) is 5.41 Å². The molecule has 23 heavy (non-hydrogen) atoms. The van der Waals surface area contributed by atoms with Crippen LogP contribution in [0.2, 0.25) is 0 Å². The fraction of sp³-hybridized carbons (Fsp3) is 0.941. The van der Waals surface area contributed by atoms with E-state index in [1.807, 2.05) is 4.90 Å². The third-order valence-electron chi connectivity index (χ3n) is 6.60. The maximum Gasteiger partial charge on any atom is 0.317 e. The van der Waals surface area contributed by atoms with Crippen LogP contribution in [0.4, 0.5) is 4.79 Å². The number of carbonyl (C=O) groups excluding carboxylic acids is 1. The second-order valence-corrected chi connectivity index (χ2v) is 7.90. The summed E-state index contributed by atoms with van der Waals surface area (Å²) in [6.45, 7) is 11.7. The van der Waals surface area contributed by atoms with Crippen LogP contribution in [0.5, 0.6) is 0 Å². The molecule has 2 saturated heterocycles. The van der Waals surface area contributed by atoms with Gasteiger partial charge in [0.1, 0.15) is 0 Å². The third-order valence-corrected chi connectivity index (χ3v) is 6.60. The molecule has 6 heteroatoms. The van der Waals surface area contributed by atoms with E-state index in [1.54, 1.807) is 7.11 Å². The molecule has 1 N–H and O–H groups in total. The molecule has 0 aromatic heterocycles. The SMILES string of the molecule is COC1(C)CC(NC(=O)N2CCN(C3CCOC3)CC2)C1(C)C. The predicted octanol–water partition coefficient (Wildman–Crippen LogP) is 1.31. The molecule has 3 rings (SSSR count). The Morgan fingerprint density at radius 1 is 1.22 bits per heavy atom. The summed E-state index contributed by atoms with van der Waals surface area (Å²) >= 11 is 0. The van der Waals surface area contributed by atoms with E-state index in [2.05, 4.69) is 31.0 Å². The van der Waals surface area contributed by atoms with Crippen LogP contribution in [-0.2, 0) is 9.47 Å². The van der Waals surface area contributed by atoms with Crippen molar-refractivity contribution in [3.05, 3.63) is 0 Å². The van der Waals surface area contributed by atoms with Crippen molar-refractivity contribution in [2.75, 3.05) is 46.5 Å². The van der Waals surface area contributed by atoms with Crippen LogP contribution in [0.1, 0.15) is 33.6 Å². The number of hydrogen-bond donors (Lipinski definition) is 1. The van der Waals surface area contributed by atoms with Crippen LogP contribution >= 0.6 is 0 Å². The van der Waals surface area contributed by atoms with Crippen molar-refractivity contribution in [1.29, 1.82) is 0 Å². The Labute approximate surface area is 139 Å². The van der Waals surface area contributed by atoms with Gasteiger partial charge in [-0.3, -0.25) is 4.90 Å². The first kappa shape index (κ1) is 17.0. The number of ether oxygens (including phenoxy) is 2. The average Bonchev–Trinajstić information content (AvgIpc) is 3.08. The molecule has 3 fully saturated rings. The van der Waals surface area contributed by atoms with Crippen LogP contribution < -0.4 is 5.32 Å². The van der Waals surface area contributed by atoms with E-state index in [0.717, 1.165) is 52.2 Å². The van der Waals surface area contributed by atoms with Gasteiger partial charge in [0.25, 0.3) is 0 Å². The standard InChI is InChI=1S/C17H31N3O3/c1-16(2)14(11-17(16,3)22-4)18-15(21)20-8-6-19(7-9-20)13-5-10-23-12-13/h13-14H,5-12H2,1-4H3,(H,18,21). The Morgan fingerprint density at radius 3 is 2.43 bits per heavy atom. The van der Waals surface area contributed by atoms with E-state index in [-0.39, 0.29) is 23.1 Å². The zero-order valence-corrected chi connectivity index (χ0v) is 14.9. The fourth-order valence-corrected chi connectivity index (χ4v) is 4.06. The number of nitrogens with zero attached hydrogens (tertiary/aromatic N) is 2. The third kappa shape index (κ3) is 2.96. The number of hydrogen-bond acceptors (Lipinski definition) is 4. The normalized spacial score (nSPS) is 37.5. The molecule has 132 valence electrons. The van der Waals surface area contributed by atoms with E-state index < -0.39 is 0 Å². The first-order valence-corrected chi connectivity index (χ1v) is 8.80. The number of piperazine rings is 1. The molecular weight excluding hydrogens is 294 g/mol. The van der Waals surface area contributed by atoms with Crippen molar-refractivity contribution >= 4 is 6.03 Å². The molecule has 2 amide bonds. The minimum Gasteiger partial charge on any atom is -0.380 e. The van der Waals surface area contributed by atoms with Crippen molar-refractivity contribution in [1.82, 2.24) is 15.1 Å². The molecular formula is C17H31N3O3. The van der Waals surface area contributed by atoms with E-state index >= 15 is 0 Å². The molecule has 3 atom stereocenters. The lowest BCUT2D eigenvalue weighted by Gasteiger charge is -2.59. The summed E-state index contributed by atoms with van der Waals surface area (Å²) in [5, 5.41) is 3.21. The zero-order chi connectivity index (χ0) is 16.7. The summed E-state index contributed by atoms with van der Waals surface area (Å²) in [4.78, 5) is 17.0. The van der Waals surface area contributed by atoms with Gasteiger partial charge in [-0.25, -0.2) is 4.79 Å². The number of urea groups is 1. The summed E-state index contributed by atoms with van der Waals surface area (Å²) < 4.78 is 11.1. The lowest BCUT2D eigenvalue weighted by molar-refractivity contribution is -0.177.